The van der Waals surface area contributed by atoms with E-state index in [9.17, 15) is 13.2 Å². The Morgan fingerprint density at radius 1 is 1.17 bits per heavy atom. The van der Waals surface area contributed by atoms with E-state index >= 15 is 0 Å². The molecule has 1 saturated heterocycles. The number of pyridine rings is 1. The Hall–Kier alpha value is -2.65. The molecule has 0 radical (unpaired) electrons. The van der Waals surface area contributed by atoms with Gasteiger partial charge in [0, 0.05) is 38.1 Å². The Kier molecular flexibility index (Phi) is 6.71. The first-order chi connectivity index (χ1) is 14.0. The van der Waals surface area contributed by atoms with E-state index in [1.54, 1.807) is 18.5 Å². The molecule has 9 heteroatoms. The molecule has 0 bridgehead atoms. The molecule has 1 atom stereocenters. The number of hydrogen-bond donors (Lipinski definition) is 1. The van der Waals surface area contributed by atoms with E-state index in [0.29, 0.717) is 37.4 Å². The van der Waals surface area contributed by atoms with Crippen molar-refractivity contribution in [2.75, 3.05) is 27.3 Å². The van der Waals surface area contributed by atoms with Crippen molar-refractivity contribution in [3.05, 3.63) is 48.3 Å². The van der Waals surface area contributed by atoms with Gasteiger partial charge in [-0.05, 0) is 42.7 Å². The number of nitrogens with zero attached hydrogens (tertiary/aromatic N) is 2. The maximum absolute atomic E-state index is 13.1. The minimum Gasteiger partial charge on any atom is -0.493 e. The molecule has 0 unspecified atom stereocenters. The van der Waals surface area contributed by atoms with Gasteiger partial charge in [0.15, 0.2) is 11.5 Å². The monoisotopic (exact) mass is 419 g/mol. The van der Waals surface area contributed by atoms with Crippen LogP contribution in [0, 0.1) is 5.92 Å². The van der Waals surface area contributed by atoms with Crippen molar-refractivity contribution in [2.24, 2.45) is 5.92 Å². The number of carbonyl (C=O) groups excluding carboxylic acids is 1. The molecule has 1 aliphatic heterocycles. The zero-order valence-corrected chi connectivity index (χ0v) is 17.3. The summed E-state index contributed by atoms with van der Waals surface area (Å²) in [6, 6.07) is 8.16. The molecule has 0 aliphatic carbocycles. The van der Waals surface area contributed by atoms with Crippen molar-refractivity contribution >= 4 is 15.9 Å². The number of piperidine rings is 1. The summed E-state index contributed by atoms with van der Waals surface area (Å²) in [5.41, 5.74) is 0.943. The van der Waals surface area contributed by atoms with Gasteiger partial charge in [0.25, 0.3) is 0 Å². The highest BCUT2D eigenvalue weighted by Crippen LogP contribution is 2.32. The molecule has 2 aromatic rings. The van der Waals surface area contributed by atoms with Crippen molar-refractivity contribution in [3.8, 4) is 11.5 Å². The van der Waals surface area contributed by atoms with Crippen LogP contribution in [0.15, 0.2) is 47.6 Å². The number of nitrogens with one attached hydrogen (secondary N) is 1. The zero-order valence-electron chi connectivity index (χ0n) is 16.5. The van der Waals surface area contributed by atoms with Gasteiger partial charge in [-0.2, -0.15) is 4.31 Å². The summed E-state index contributed by atoms with van der Waals surface area (Å²) in [6.45, 7) is 0.921. The van der Waals surface area contributed by atoms with Gasteiger partial charge in [-0.25, -0.2) is 8.42 Å². The van der Waals surface area contributed by atoms with Gasteiger partial charge in [0.2, 0.25) is 15.9 Å². The lowest BCUT2D eigenvalue weighted by Crippen LogP contribution is -2.45. The van der Waals surface area contributed by atoms with Crippen LogP contribution in [0.25, 0.3) is 0 Å². The van der Waals surface area contributed by atoms with Crippen molar-refractivity contribution in [3.63, 3.8) is 0 Å². The SMILES string of the molecule is COc1ccc(S(=O)(=O)N2CCC[C@@H](C(=O)NCc3ccncc3)C2)cc1OC. The third kappa shape index (κ3) is 4.86. The lowest BCUT2D eigenvalue weighted by atomic mass is 9.99. The predicted molar refractivity (Wildman–Crippen MR) is 107 cm³/mol. The third-order valence-electron chi connectivity index (χ3n) is 4.96. The summed E-state index contributed by atoms with van der Waals surface area (Å²) in [7, 11) is -0.795. The van der Waals surface area contributed by atoms with E-state index in [2.05, 4.69) is 10.3 Å². The molecular weight excluding hydrogens is 394 g/mol. The number of amides is 1. The predicted octanol–water partition coefficient (Wildman–Crippen LogP) is 1.82. The molecule has 156 valence electrons. The van der Waals surface area contributed by atoms with Gasteiger partial charge in [-0.3, -0.25) is 9.78 Å². The van der Waals surface area contributed by atoms with Crippen molar-refractivity contribution in [2.45, 2.75) is 24.3 Å². The second-order valence-electron chi connectivity index (χ2n) is 6.79. The Bertz CT molecular complexity index is 950. The van der Waals surface area contributed by atoms with Crippen LogP contribution >= 0.6 is 0 Å². The molecule has 1 aromatic carbocycles. The van der Waals surface area contributed by atoms with Crippen LogP contribution in [0.2, 0.25) is 0 Å². The molecule has 1 aromatic heterocycles. The molecule has 1 aliphatic rings. The second kappa shape index (κ2) is 9.23. The zero-order chi connectivity index (χ0) is 20.9. The first kappa shape index (κ1) is 21.1. The summed E-state index contributed by atoms with van der Waals surface area (Å²) in [5, 5.41) is 2.89. The van der Waals surface area contributed by atoms with Crippen LogP contribution in [-0.4, -0.2) is 50.9 Å². The van der Waals surface area contributed by atoms with Crippen molar-refractivity contribution in [1.29, 1.82) is 0 Å². The normalized spacial score (nSPS) is 17.5. The van der Waals surface area contributed by atoms with Gasteiger partial charge in [0.1, 0.15) is 0 Å². The van der Waals surface area contributed by atoms with Crippen LogP contribution < -0.4 is 14.8 Å². The van der Waals surface area contributed by atoms with E-state index < -0.39 is 10.0 Å². The quantitative estimate of drug-likeness (QED) is 0.735. The van der Waals surface area contributed by atoms with E-state index in [-0.39, 0.29) is 23.3 Å². The average Bonchev–Trinajstić information content (AvgIpc) is 2.77. The van der Waals surface area contributed by atoms with Gasteiger partial charge < -0.3 is 14.8 Å². The van der Waals surface area contributed by atoms with Crippen LogP contribution in [0.3, 0.4) is 0 Å². The van der Waals surface area contributed by atoms with Crippen LogP contribution in [0.4, 0.5) is 0 Å². The largest absolute Gasteiger partial charge is 0.493 e. The summed E-state index contributed by atoms with van der Waals surface area (Å²) < 4.78 is 37.9. The van der Waals surface area contributed by atoms with E-state index in [0.717, 1.165) is 5.56 Å². The number of methoxy groups -OCH3 is 2. The molecule has 1 amide bonds. The molecular formula is C20H25N3O5S. The van der Waals surface area contributed by atoms with Crippen LogP contribution in [-0.2, 0) is 21.4 Å². The Morgan fingerprint density at radius 3 is 2.59 bits per heavy atom. The maximum Gasteiger partial charge on any atom is 0.243 e. The first-order valence-electron chi connectivity index (χ1n) is 9.34. The summed E-state index contributed by atoms with van der Waals surface area (Å²) in [5.74, 6) is 0.269. The maximum atomic E-state index is 13.1. The molecule has 0 saturated carbocycles. The molecule has 1 N–H and O–H groups in total. The summed E-state index contributed by atoms with van der Waals surface area (Å²) >= 11 is 0. The lowest BCUT2D eigenvalue weighted by Gasteiger charge is -2.31. The van der Waals surface area contributed by atoms with E-state index in [4.69, 9.17) is 9.47 Å². The number of rotatable bonds is 7. The number of aromatic nitrogens is 1. The minimum atomic E-state index is -3.74. The summed E-state index contributed by atoms with van der Waals surface area (Å²) in [6.07, 6.45) is 4.61. The third-order valence-corrected chi connectivity index (χ3v) is 6.82. The number of ether oxygens (including phenoxy) is 2. The number of benzene rings is 1. The van der Waals surface area contributed by atoms with Gasteiger partial charge in [0.05, 0.1) is 25.0 Å². The standard InChI is InChI=1S/C20H25N3O5S/c1-27-18-6-5-17(12-19(18)28-2)29(25,26)23-11-3-4-16(14-23)20(24)22-13-15-7-9-21-10-8-15/h5-10,12,16H,3-4,11,13-14H2,1-2H3,(H,22,24)/t16-/m1/s1. The number of carbonyl (C=O) groups is 1. The molecule has 0 spiro atoms. The van der Waals surface area contributed by atoms with Gasteiger partial charge >= 0.3 is 0 Å². The van der Waals surface area contributed by atoms with Crippen molar-refractivity contribution < 1.29 is 22.7 Å². The average molecular weight is 420 g/mol. The van der Waals surface area contributed by atoms with Crippen molar-refractivity contribution in [1.82, 2.24) is 14.6 Å². The second-order valence-corrected chi connectivity index (χ2v) is 8.73. The fourth-order valence-electron chi connectivity index (χ4n) is 3.33. The smallest absolute Gasteiger partial charge is 0.243 e. The minimum absolute atomic E-state index is 0.119. The first-order valence-corrected chi connectivity index (χ1v) is 10.8. The number of hydrogen-bond acceptors (Lipinski definition) is 6. The summed E-state index contributed by atoms with van der Waals surface area (Å²) in [4.78, 5) is 16.6. The lowest BCUT2D eigenvalue weighted by molar-refractivity contribution is -0.126. The Labute approximate surface area is 170 Å². The van der Waals surface area contributed by atoms with Crippen LogP contribution in [0.5, 0.6) is 11.5 Å². The van der Waals surface area contributed by atoms with Crippen LogP contribution in [0.1, 0.15) is 18.4 Å². The fraction of sp³-hybridized carbons (Fsp3) is 0.400. The van der Waals surface area contributed by atoms with E-state index in [1.807, 2.05) is 12.1 Å². The molecule has 8 nitrogen and oxygen atoms in total. The fourth-order valence-corrected chi connectivity index (χ4v) is 4.87. The highest BCUT2D eigenvalue weighted by molar-refractivity contribution is 7.89. The Balaban J connectivity index is 1.70. The molecule has 1 fully saturated rings. The molecule has 3 rings (SSSR count). The Morgan fingerprint density at radius 2 is 1.90 bits per heavy atom. The van der Waals surface area contributed by atoms with Gasteiger partial charge in [-0.1, -0.05) is 0 Å². The highest BCUT2D eigenvalue weighted by atomic mass is 32.2. The molecule has 29 heavy (non-hydrogen) atoms. The molecule has 2 heterocycles. The number of sulfonamides is 1. The van der Waals surface area contributed by atoms with E-state index in [1.165, 1.54) is 30.7 Å². The highest BCUT2D eigenvalue weighted by Gasteiger charge is 2.33. The van der Waals surface area contributed by atoms with Gasteiger partial charge in [-0.15, -0.1) is 0 Å². The topological polar surface area (TPSA) is 97.8 Å².